The summed E-state index contributed by atoms with van der Waals surface area (Å²) in [7, 11) is 0. The van der Waals surface area contributed by atoms with Crippen LogP contribution in [0.1, 0.15) is 22.1 Å². The lowest BCUT2D eigenvalue weighted by Crippen LogP contribution is -2.00. The molecule has 0 aliphatic carbocycles. The molecule has 1 nitrogen and oxygen atoms in total. The predicted octanol–water partition coefficient (Wildman–Crippen LogP) is 4.75. The van der Waals surface area contributed by atoms with Crippen LogP contribution in [0.2, 0.25) is 5.02 Å². The lowest BCUT2D eigenvalue weighted by atomic mass is 10.0. The molecule has 0 amide bonds. The third-order valence-electron chi connectivity index (χ3n) is 2.60. The molecule has 0 aliphatic rings. The zero-order valence-electron chi connectivity index (χ0n) is 9.28. The molecule has 0 saturated heterocycles. The first-order valence-electron chi connectivity index (χ1n) is 5.24. The van der Waals surface area contributed by atoms with Crippen LogP contribution in [0, 0.1) is 6.92 Å². The van der Waals surface area contributed by atoms with Crippen molar-refractivity contribution in [2.75, 3.05) is 0 Å². The van der Waals surface area contributed by atoms with Gasteiger partial charge in [-0.1, -0.05) is 23.7 Å². The highest BCUT2D eigenvalue weighted by Crippen LogP contribution is 2.28. The second-order valence-electron chi connectivity index (χ2n) is 3.93. The first-order valence-corrected chi connectivity index (χ1v) is 7.23. The van der Waals surface area contributed by atoms with Crippen LogP contribution < -0.4 is 0 Å². The molecule has 0 saturated carbocycles. The normalized spacial score (nSPS) is 12.7. The fourth-order valence-electron chi connectivity index (χ4n) is 1.59. The van der Waals surface area contributed by atoms with E-state index in [2.05, 4.69) is 15.9 Å². The number of benzene rings is 1. The number of hydrogen-bond donors (Lipinski definition) is 1. The molecule has 0 aliphatic heterocycles. The third-order valence-corrected chi connectivity index (χ3v) is 4.66. The van der Waals surface area contributed by atoms with Crippen LogP contribution in [0.15, 0.2) is 34.1 Å². The Morgan fingerprint density at radius 2 is 2.12 bits per heavy atom. The van der Waals surface area contributed by atoms with E-state index in [1.807, 2.05) is 37.3 Å². The van der Waals surface area contributed by atoms with Crippen LogP contribution in [-0.4, -0.2) is 5.11 Å². The summed E-state index contributed by atoms with van der Waals surface area (Å²) >= 11 is 11.1. The number of aryl methyl sites for hydroxylation is 1. The van der Waals surface area contributed by atoms with Gasteiger partial charge in [0, 0.05) is 16.3 Å². The van der Waals surface area contributed by atoms with E-state index in [4.69, 9.17) is 11.6 Å². The molecule has 0 radical (unpaired) electrons. The Bertz CT molecular complexity index is 524. The quantitative estimate of drug-likeness (QED) is 0.860. The standard InChI is InChI=1S/C13H12BrClOS/c1-8-2-3-9(6-11(8)15)12(16)7-10-4-5-13(14)17-10/h2-6,12,16H,7H2,1H3. The van der Waals surface area contributed by atoms with Gasteiger partial charge in [0.1, 0.15) is 0 Å². The number of rotatable bonds is 3. The van der Waals surface area contributed by atoms with Crippen LogP contribution in [0.25, 0.3) is 0 Å². The molecule has 1 atom stereocenters. The summed E-state index contributed by atoms with van der Waals surface area (Å²) in [5, 5.41) is 10.8. The van der Waals surface area contributed by atoms with Crippen molar-refractivity contribution in [1.29, 1.82) is 0 Å². The van der Waals surface area contributed by atoms with Gasteiger partial charge >= 0.3 is 0 Å². The van der Waals surface area contributed by atoms with Crippen LogP contribution >= 0.6 is 38.9 Å². The van der Waals surface area contributed by atoms with Gasteiger partial charge in [0.2, 0.25) is 0 Å². The van der Waals surface area contributed by atoms with Crippen LogP contribution in [0.4, 0.5) is 0 Å². The molecule has 1 aromatic carbocycles. The molecule has 1 heterocycles. The van der Waals surface area contributed by atoms with E-state index in [1.165, 1.54) is 0 Å². The van der Waals surface area contributed by atoms with Crippen molar-refractivity contribution in [3.05, 3.63) is 55.1 Å². The molecule has 2 rings (SSSR count). The van der Waals surface area contributed by atoms with Crippen molar-refractivity contribution in [3.63, 3.8) is 0 Å². The number of halogens is 2. The summed E-state index contributed by atoms with van der Waals surface area (Å²) in [4.78, 5) is 1.15. The highest BCUT2D eigenvalue weighted by molar-refractivity contribution is 9.11. The fourth-order valence-corrected chi connectivity index (χ4v) is 3.29. The Hall–Kier alpha value is -0.350. The molecule has 1 N–H and O–H groups in total. The average molecular weight is 332 g/mol. The van der Waals surface area contributed by atoms with Crippen molar-refractivity contribution in [3.8, 4) is 0 Å². The van der Waals surface area contributed by atoms with Gasteiger partial charge in [-0.3, -0.25) is 0 Å². The number of hydrogen-bond acceptors (Lipinski definition) is 2. The van der Waals surface area contributed by atoms with Gasteiger partial charge < -0.3 is 5.11 Å². The first kappa shape index (κ1) is 13.1. The monoisotopic (exact) mass is 330 g/mol. The second-order valence-corrected chi connectivity index (χ2v) is 6.89. The zero-order valence-corrected chi connectivity index (χ0v) is 12.4. The van der Waals surface area contributed by atoms with Gasteiger partial charge in [-0.25, -0.2) is 0 Å². The minimum Gasteiger partial charge on any atom is -0.388 e. The molecule has 4 heteroatoms. The van der Waals surface area contributed by atoms with E-state index >= 15 is 0 Å². The van der Waals surface area contributed by atoms with Crippen molar-refractivity contribution in [2.24, 2.45) is 0 Å². The number of aliphatic hydroxyl groups excluding tert-OH is 1. The molecule has 1 unspecified atom stereocenters. The van der Waals surface area contributed by atoms with E-state index in [0.717, 1.165) is 19.8 Å². The average Bonchev–Trinajstić information content (AvgIpc) is 2.68. The van der Waals surface area contributed by atoms with Gasteiger partial charge in [0.05, 0.1) is 9.89 Å². The minimum absolute atomic E-state index is 0.501. The molecule has 2 aromatic rings. The van der Waals surface area contributed by atoms with Gasteiger partial charge in [0.25, 0.3) is 0 Å². The Morgan fingerprint density at radius 1 is 1.35 bits per heavy atom. The fraction of sp³-hybridized carbons (Fsp3) is 0.231. The SMILES string of the molecule is Cc1ccc(C(O)Cc2ccc(Br)s2)cc1Cl. The number of aliphatic hydroxyl groups is 1. The highest BCUT2D eigenvalue weighted by atomic mass is 79.9. The van der Waals surface area contributed by atoms with Gasteiger partial charge in [-0.05, 0) is 52.2 Å². The van der Waals surface area contributed by atoms with E-state index in [9.17, 15) is 5.11 Å². The molecule has 0 fully saturated rings. The molecular formula is C13H12BrClOS. The maximum Gasteiger partial charge on any atom is 0.0838 e. The van der Waals surface area contributed by atoms with E-state index < -0.39 is 6.10 Å². The lowest BCUT2D eigenvalue weighted by Gasteiger charge is -2.11. The molecule has 0 bridgehead atoms. The first-order chi connectivity index (χ1) is 8.06. The Kier molecular flexibility index (Phi) is 4.26. The lowest BCUT2D eigenvalue weighted by molar-refractivity contribution is 0.179. The summed E-state index contributed by atoms with van der Waals surface area (Å²) in [6.45, 7) is 1.95. The summed E-state index contributed by atoms with van der Waals surface area (Å²) < 4.78 is 1.08. The second kappa shape index (κ2) is 5.53. The van der Waals surface area contributed by atoms with Gasteiger partial charge in [-0.15, -0.1) is 11.3 Å². The van der Waals surface area contributed by atoms with Crippen LogP contribution in [0.3, 0.4) is 0 Å². The maximum absolute atomic E-state index is 10.1. The van der Waals surface area contributed by atoms with Crippen molar-refractivity contribution >= 4 is 38.9 Å². The van der Waals surface area contributed by atoms with Crippen LogP contribution in [0.5, 0.6) is 0 Å². The minimum atomic E-state index is -0.501. The van der Waals surface area contributed by atoms with E-state index in [0.29, 0.717) is 11.4 Å². The Morgan fingerprint density at radius 3 is 2.71 bits per heavy atom. The third kappa shape index (κ3) is 3.32. The maximum atomic E-state index is 10.1. The zero-order chi connectivity index (χ0) is 12.4. The molecule has 0 spiro atoms. The summed E-state index contributed by atoms with van der Waals surface area (Å²) in [6, 6.07) is 9.71. The summed E-state index contributed by atoms with van der Waals surface area (Å²) in [5.41, 5.74) is 1.90. The van der Waals surface area contributed by atoms with Gasteiger partial charge in [-0.2, -0.15) is 0 Å². The molecule has 17 heavy (non-hydrogen) atoms. The number of thiophene rings is 1. The molecular weight excluding hydrogens is 320 g/mol. The topological polar surface area (TPSA) is 20.2 Å². The largest absolute Gasteiger partial charge is 0.388 e. The Balaban J connectivity index is 2.14. The molecule has 90 valence electrons. The summed E-state index contributed by atoms with van der Waals surface area (Å²) in [6.07, 6.45) is 0.119. The molecule has 1 aromatic heterocycles. The van der Waals surface area contributed by atoms with Crippen molar-refractivity contribution in [1.82, 2.24) is 0 Å². The smallest absolute Gasteiger partial charge is 0.0838 e. The van der Waals surface area contributed by atoms with Crippen molar-refractivity contribution < 1.29 is 5.11 Å². The summed E-state index contributed by atoms with van der Waals surface area (Å²) in [5.74, 6) is 0. The van der Waals surface area contributed by atoms with E-state index in [1.54, 1.807) is 11.3 Å². The highest BCUT2D eigenvalue weighted by Gasteiger charge is 2.11. The predicted molar refractivity (Wildman–Crippen MR) is 76.9 cm³/mol. The van der Waals surface area contributed by atoms with E-state index in [-0.39, 0.29) is 0 Å². The van der Waals surface area contributed by atoms with Crippen molar-refractivity contribution in [2.45, 2.75) is 19.4 Å². The van der Waals surface area contributed by atoms with Crippen LogP contribution in [-0.2, 0) is 6.42 Å². The Labute approximate surface area is 118 Å². The van der Waals surface area contributed by atoms with Gasteiger partial charge in [0.15, 0.2) is 0 Å².